The molecule has 1 saturated carbocycles. The minimum atomic E-state index is 0. The van der Waals surface area contributed by atoms with Crippen LogP contribution in [0.5, 0.6) is 0 Å². The average Bonchev–Trinajstić information content (AvgIpc) is 3.28. The third-order valence-corrected chi connectivity index (χ3v) is 7.18. The summed E-state index contributed by atoms with van der Waals surface area (Å²) in [4.78, 5) is 6.22. The highest BCUT2D eigenvalue weighted by Crippen LogP contribution is 2.62. The van der Waals surface area contributed by atoms with Gasteiger partial charge in [-0.2, -0.15) is 0 Å². The first-order valence-electron chi connectivity index (χ1n) is 9.40. The number of allylic oxidation sites excluding steroid dienone is 3. The number of nitrogens with zero attached hydrogens (tertiary/aromatic N) is 1. The van der Waals surface area contributed by atoms with Crippen molar-refractivity contribution in [2.45, 2.75) is 30.7 Å². The van der Waals surface area contributed by atoms with Crippen molar-refractivity contribution in [2.75, 3.05) is 12.3 Å². The number of benzene rings is 2. The van der Waals surface area contributed by atoms with Gasteiger partial charge >= 0.3 is 0 Å². The molecular formula is C23H26N2S. The van der Waals surface area contributed by atoms with Crippen LogP contribution in [0.2, 0.25) is 0 Å². The van der Waals surface area contributed by atoms with Gasteiger partial charge in [-0.05, 0) is 43.0 Å². The van der Waals surface area contributed by atoms with Crippen LogP contribution >= 0.6 is 11.8 Å². The van der Waals surface area contributed by atoms with E-state index in [1.165, 1.54) is 27.7 Å². The van der Waals surface area contributed by atoms with E-state index >= 15 is 0 Å². The zero-order valence-electron chi connectivity index (χ0n) is 15.3. The molecule has 0 aromatic heterocycles. The number of hydrogen-bond donors (Lipinski definition) is 1. The first-order chi connectivity index (χ1) is 12.6. The van der Waals surface area contributed by atoms with Gasteiger partial charge in [0, 0.05) is 23.1 Å². The highest BCUT2D eigenvalue weighted by atomic mass is 32.2. The molecule has 3 aliphatic rings. The van der Waals surface area contributed by atoms with Crippen molar-refractivity contribution in [3.63, 3.8) is 0 Å². The van der Waals surface area contributed by atoms with E-state index in [2.05, 4.69) is 79.9 Å². The molecule has 1 heterocycles. The summed E-state index contributed by atoms with van der Waals surface area (Å²) >= 11 is 2.00. The molecule has 2 aromatic rings. The number of hydrogen-bond acceptors (Lipinski definition) is 3. The zero-order chi connectivity index (χ0) is 17.8. The quantitative estimate of drug-likeness (QED) is 0.730. The van der Waals surface area contributed by atoms with Gasteiger partial charge in [0.1, 0.15) is 5.84 Å². The van der Waals surface area contributed by atoms with Crippen molar-refractivity contribution in [1.29, 1.82) is 0 Å². The van der Waals surface area contributed by atoms with Crippen LogP contribution in [0, 0.1) is 11.3 Å². The minimum Gasteiger partial charge on any atom is -0.363 e. The van der Waals surface area contributed by atoms with Crippen LogP contribution in [-0.2, 0) is 0 Å². The highest BCUT2D eigenvalue weighted by molar-refractivity contribution is 7.99. The molecule has 134 valence electrons. The van der Waals surface area contributed by atoms with E-state index in [4.69, 9.17) is 4.99 Å². The maximum Gasteiger partial charge on any atom is 0.125 e. The number of thioether (sulfide) groups is 1. The Kier molecular flexibility index (Phi) is 3.58. The van der Waals surface area contributed by atoms with Crippen LogP contribution in [0.15, 0.2) is 76.2 Å². The molecule has 2 unspecified atom stereocenters. The Labute approximate surface area is 161 Å². The molecule has 2 aliphatic carbocycles. The van der Waals surface area contributed by atoms with Crippen molar-refractivity contribution >= 4 is 28.4 Å². The molecule has 0 bridgehead atoms. The number of amidine groups is 1. The van der Waals surface area contributed by atoms with Crippen LogP contribution in [0.4, 0.5) is 0 Å². The standard InChI is InChI=1S/C23H24N2S.H2/c1-22(2)14-24-21(25-22)19-11-6-9-17-13-23(17,19)15-26-20-12-5-8-16-7-3-4-10-18(16)20;/h3-12,17H,13-15H2,1-2H3,(H,24,25);1H. The average molecular weight is 363 g/mol. The first kappa shape index (κ1) is 16.2. The van der Waals surface area contributed by atoms with Gasteiger partial charge in [-0.25, -0.2) is 0 Å². The van der Waals surface area contributed by atoms with E-state index in [1.54, 1.807) is 0 Å². The van der Waals surface area contributed by atoms with E-state index < -0.39 is 0 Å². The molecule has 1 fully saturated rings. The summed E-state index contributed by atoms with van der Waals surface area (Å²) in [6.07, 6.45) is 8.14. The number of nitrogens with one attached hydrogen (secondary N) is 1. The van der Waals surface area contributed by atoms with Crippen molar-refractivity contribution in [2.24, 2.45) is 16.3 Å². The normalized spacial score (nSPS) is 28.3. The Morgan fingerprint density at radius 1 is 1.19 bits per heavy atom. The summed E-state index contributed by atoms with van der Waals surface area (Å²) in [5.74, 6) is 2.90. The van der Waals surface area contributed by atoms with Crippen molar-refractivity contribution in [3.05, 3.63) is 66.3 Å². The molecule has 26 heavy (non-hydrogen) atoms. The fourth-order valence-electron chi connectivity index (χ4n) is 4.26. The van der Waals surface area contributed by atoms with Crippen LogP contribution in [0.25, 0.3) is 10.8 Å². The fraction of sp³-hybridized carbons (Fsp3) is 0.348. The lowest BCUT2D eigenvalue weighted by molar-refractivity contribution is 0.504. The van der Waals surface area contributed by atoms with Gasteiger partial charge in [0.2, 0.25) is 0 Å². The van der Waals surface area contributed by atoms with Gasteiger partial charge in [0.05, 0.1) is 12.1 Å². The summed E-state index contributed by atoms with van der Waals surface area (Å²) < 4.78 is 0. The van der Waals surface area contributed by atoms with E-state index in [-0.39, 0.29) is 12.4 Å². The predicted octanol–water partition coefficient (Wildman–Crippen LogP) is 5.46. The Balaban J connectivity index is 0.00000180. The minimum absolute atomic E-state index is 0. The van der Waals surface area contributed by atoms with Gasteiger partial charge in [0.25, 0.3) is 0 Å². The maximum atomic E-state index is 4.83. The molecule has 2 atom stereocenters. The lowest BCUT2D eigenvalue weighted by Crippen LogP contribution is -2.41. The highest BCUT2D eigenvalue weighted by Gasteiger charge is 2.57. The third kappa shape index (κ3) is 2.61. The summed E-state index contributed by atoms with van der Waals surface area (Å²) in [5, 5.41) is 6.34. The SMILES string of the molecule is CC1(C)CN=C(C2=CC=CC3CC23CSc2cccc3ccccc23)N1.[HH]. The second-order valence-electron chi connectivity index (χ2n) is 8.37. The number of aliphatic imine (C=N–C) groups is 1. The summed E-state index contributed by atoms with van der Waals surface area (Å²) in [5.41, 5.74) is 1.75. The van der Waals surface area contributed by atoms with Gasteiger partial charge in [-0.15, -0.1) is 11.8 Å². The lowest BCUT2D eigenvalue weighted by atomic mass is 9.90. The molecule has 0 saturated heterocycles. The zero-order valence-corrected chi connectivity index (χ0v) is 16.1. The first-order valence-corrected chi connectivity index (χ1v) is 10.4. The van der Waals surface area contributed by atoms with E-state index in [1.807, 2.05) is 11.8 Å². The molecular weight excluding hydrogens is 336 g/mol. The smallest absolute Gasteiger partial charge is 0.125 e. The molecule has 5 rings (SSSR count). The molecule has 2 aromatic carbocycles. The molecule has 1 N–H and O–H groups in total. The molecule has 0 amide bonds. The van der Waals surface area contributed by atoms with Crippen LogP contribution in [0.3, 0.4) is 0 Å². The Morgan fingerprint density at radius 3 is 2.88 bits per heavy atom. The van der Waals surface area contributed by atoms with E-state index in [0.29, 0.717) is 5.92 Å². The maximum absolute atomic E-state index is 4.83. The van der Waals surface area contributed by atoms with Crippen LogP contribution < -0.4 is 5.32 Å². The molecule has 2 nitrogen and oxygen atoms in total. The summed E-state index contributed by atoms with van der Waals surface area (Å²) in [6.45, 7) is 5.32. The van der Waals surface area contributed by atoms with Gasteiger partial charge in [-0.3, -0.25) is 4.99 Å². The Bertz CT molecular complexity index is 970. The number of rotatable bonds is 4. The van der Waals surface area contributed by atoms with Gasteiger partial charge in [-0.1, -0.05) is 54.6 Å². The topological polar surface area (TPSA) is 24.4 Å². The Morgan fingerprint density at radius 2 is 2.04 bits per heavy atom. The lowest BCUT2D eigenvalue weighted by Gasteiger charge is -2.26. The van der Waals surface area contributed by atoms with Crippen molar-refractivity contribution < 1.29 is 1.43 Å². The van der Waals surface area contributed by atoms with E-state index in [0.717, 1.165) is 18.1 Å². The predicted molar refractivity (Wildman–Crippen MR) is 114 cm³/mol. The van der Waals surface area contributed by atoms with Crippen molar-refractivity contribution in [3.8, 4) is 0 Å². The number of fused-ring (bicyclic) bond motifs is 2. The van der Waals surface area contributed by atoms with Crippen LogP contribution in [0.1, 0.15) is 21.7 Å². The second kappa shape index (κ2) is 5.75. The molecule has 3 heteroatoms. The third-order valence-electron chi connectivity index (χ3n) is 5.86. The van der Waals surface area contributed by atoms with E-state index in [9.17, 15) is 0 Å². The summed E-state index contributed by atoms with van der Waals surface area (Å²) in [7, 11) is 0. The largest absolute Gasteiger partial charge is 0.363 e. The fourth-order valence-corrected chi connectivity index (χ4v) is 5.68. The van der Waals surface area contributed by atoms with Crippen LogP contribution in [-0.4, -0.2) is 23.7 Å². The van der Waals surface area contributed by atoms with Crippen molar-refractivity contribution in [1.82, 2.24) is 5.32 Å². The second-order valence-corrected chi connectivity index (χ2v) is 9.39. The molecule has 0 spiro atoms. The summed E-state index contributed by atoms with van der Waals surface area (Å²) in [6, 6.07) is 15.3. The monoisotopic (exact) mass is 362 g/mol. The van der Waals surface area contributed by atoms with Gasteiger partial charge in [0.15, 0.2) is 0 Å². The Hall–Kier alpha value is -2.00. The molecule has 0 radical (unpaired) electrons. The molecule has 1 aliphatic heterocycles. The van der Waals surface area contributed by atoms with Gasteiger partial charge < -0.3 is 5.32 Å².